The Bertz CT molecular complexity index is 423. The van der Waals surface area contributed by atoms with Crippen molar-refractivity contribution in [2.24, 2.45) is 11.8 Å². The van der Waals surface area contributed by atoms with E-state index in [9.17, 15) is 9.90 Å². The Hall–Kier alpha value is -1.35. The molecule has 136 valence electrons. The summed E-state index contributed by atoms with van der Waals surface area (Å²) in [5, 5.41) is 18.3. The molecule has 0 aromatic carbocycles. The minimum absolute atomic E-state index is 0.266. The number of carbonyl (C=O) groups is 1. The lowest BCUT2D eigenvalue weighted by Crippen LogP contribution is -2.00. The van der Waals surface area contributed by atoms with E-state index in [0.29, 0.717) is 0 Å². The lowest BCUT2D eigenvalue weighted by atomic mass is 10.1. The molecule has 3 nitrogen and oxygen atoms in total. The molecule has 0 amide bonds. The first-order valence-corrected chi connectivity index (χ1v) is 9.51. The normalized spacial score (nSPS) is 21.9. The molecule has 0 aliphatic heterocycles. The maximum absolute atomic E-state index is 10.4. The summed E-state index contributed by atoms with van der Waals surface area (Å²) in [6, 6.07) is 0. The van der Waals surface area contributed by atoms with Gasteiger partial charge in [-0.3, -0.25) is 4.79 Å². The molecular weight excluding hydrogens is 300 g/mol. The quantitative estimate of drug-likeness (QED) is 0.258. The Morgan fingerprint density at radius 1 is 1.08 bits per heavy atom. The van der Waals surface area contributed by atoms with Crippen LogP contribution in [-0.4, -0.2) is 22.3 Å². The number of hydrogen-bond acceptors (Lipinski definition) is 2. The van der Waals surface area contributed by atoms with Gasteiger partial charge in [0, 0.05) is 6.42 Å². The van der Waals surface area contributed by atoms with Crippen LogP contribution in [0.15, 0.2) is 36.5 Å². The first-order chi connectivity index (χ1) is 11.6. The van der Waals surface area contributed by atoms with Gasteiger partial charge in [-0.1, -0.05) is 62.6 Å². The van der Waals surface area contributed by atoms with Gasteiger partial charge < -0.3 is 10.2 Å². The van der Waals surface area contributed by atoms with Crippen molar-refractivity contribution in [3.63, 3.8) is 0 Å². The van der Waals surface area contributed by atoms with Crippen LogP contribution in [0.5, 0.6) is 0 Å². The molecule has 1 rings (SSSR count). The van der Waals surface area contributed by atoms with Crippen molar-refractivity contribution < 1.29 is 15.0 Å². The number of aliphatic hydroxyl groups is 1. The fourth-order valence-corrected chi connectivity index (χ4v) is 2.87. The smallest absolute Gasteiger partial charge is 0.303 e. The summed E-state index contributed by atoms with van der Waals surface area (Å²) in [5.74, 6) is 0.891. The molecule has 0 aromatic rings. The maximum atomic E-state index is 10.4. The van der Waals surface area contributed by atoms with E-state index in [1.807, 2.05) is 12.2 Å². The fourth-order valence-electron chi connectivity index (χ4n) is 2.87. The van der Waals surface area contributed by atoms with E-state index >= 15 is 0 Å². The molecule has 1 aliphatic rings. The Kier molecular flexibility index (Phi) is 11.2. The molecule has 0 heterocycles. The number of unbranched alkanes of at least 4 members (excludes halogenated alkanes) is 3. The van der Waals surface area contributed by atoms with E-state index in [1.54, 1.807) is 0 Å². The second-order valence-electron chi connectivity index (χ2n) is 6.86. The second-order valence-corrected chi connectivity index (χ2v) is 6.86. The second kappa shape index (κ2) is 13.0. The van der Waals surface area contributed by atoms with Gasteiger partial charge in [0.2, 0.25) is 0 Å². The molecule has 0 aromatic heterocycles. The monoisotopic (exact) mass is 334 g/mol. The Morgan fingerprint density at radius 3 is 2.54 bits per heavy atom. The van der Waals surface area contributed by atoms with Crippen LogP contribution in [-0.2, 0) is 4.79 Å². The highest BCUT2D eigenvalue weighted by molar-refractivity contribution is 5.66. The van der Waals surface area contributed by atoms with Crippen molar-refractivity contribution in [3.05, 3.63) is 36.5 Å². The maximum Gasteiger partial charge on any atom is 0.303 e. The zero-order valence-electron chi connectivity index (χ0n) is 15.1. The molecule has 3 atom stereocenters. The van der Waals surface area contributed by atoms with Gasteiger partial charge >= 0.3 is 5.97 Å². The molecule has 1 fully saturated rings. The summed E-state index contributed by atoms with van der Waals surface area (Å²) in [5.41, 5.74) is 0. The highest BCUT2D eigenvalue weighted by Crippen LogP contribution is 2.44. The average Bonchev–Trinajstić information content (AvgIpc) is 3.29. The third kappa shape index (κ3) is 11.2. The molecule has 24 heavy (non-hydrogen) atoms. The predicted molar refractivity (Wildman–Crippen MR) is 99.9 cm³/mol. The highest BCUT2D eigenvalue weighted by atomic mass is 16.4. The van der Waals surface area contributed by atoms with Crippen molar-refractivity contribution in [2.45, 2.75) is 77.2 Å². The number of aliphatic carboxylic acids is 1. The van der Waals surface area contributed by atoms with E-state index < -0.39 is 5.97 Å². The minimum Gasteiger partial charge on any atom is -0.481 e. The van der Waals surface area contributed by atoms with E-state index in [4.69, 9.17) is 5.11 Å². The van der Waals surface area contributed by atoms with Crippen LogP contribution in [0.2, 0.25) is 0 Å². The van der Waals surface area contributed by atoms with Crippen molar-refractivity contribution in [3.8, 4) is 0 Å². The molecule has 2 N–H and O–H groups in total. The number of carboxylic acid groups (broad SMARTS) is 1. The highest BCUT2D eigenvalue weighted by Gasteiger charge is 2.34. The number of aliphatic hydroxyl groups excluding tert-OH is 1. The first-order valence-electron chi connectivity index (χ1n) is 9.51. The zero-order valence-corrected chi connectivity index (χ0v) is 15.1. The van der Waals surface area contributed by atoms with E-state index in [-0.39, 0.29) is 12.5 Å². The zero-order chi connectivity index (χ0) is 17.6. The van der Waals surface area contributed by atoms with Crippen molar-refractivity contribution in [1.82, 2.24) is 0 Å². The predicted octanol–water partition coefficient (Wildman–Crippen LogP) is 5.27. The Balaban J connectivity index is 2.01. The fraction of sp³-hybridized carbons (Fsp3) is 0.667. The van der Waals surface area contributed by atoms with Gasteiger partial charge in [0.05, 0.1) is 6.10 Å². The summed E-state index contributed by atoms with van der Waals surface area (Å²) in [4.78, 5) is 10.4. The van der Waals surface area contributed by atoms with Gasteiger partial charge in [-0.15, -0.1) is 0 Å². The van der Waals surface area contributed by atoms with E-state index in [1.165, 1.54) is 19.3 Å². The van der Waals surface area contributed by atoms with Gasteiger partial charge in [-0.2, -0.15) is 0 Å². The van der Waals surface area contributed by atoms with Gasteiger partial charge in [-0.25, -0.2) is 0 Å². The summed E-state index contributed by atoms with van der Waals surface area (Å²) in [6.45, 7) is 2.17. The van der Waals surface area contributed by atoms with Crippen LogP contribution in [0.25, 0.3) is 0 Å². The molecule has 0 saturated heterocycles. The lowest BCUT2D eigenvalue weighted by molar-refractivity contribution is -0.137. The molecule has 3 heteroatoms. The van der Waals surface area contributed by atoms with E-state index in [0.717, 1.165) is 50.4 Å². The Morgan fingerprint density at radius 2 is 1.83 bits per heavy atom. The molecule has 0 radical (unpaired) electrons. The van der Waals surface area contributed by atoms with Gasteiger partial charge in [0.15, 0.2) is 0 Å². The standard InChI is InChI=1S/C21H34O3/c1-2-3-7-14-20(22)15-10-6-9-13-19-17-18(19)12-8-4-5-11-16-21(23)24/h4,6,8-10,15,18-20,22H,2-3,5,7,11-14,16-17H2,1H3,(H,23,24)/b8-4-,9-6-,15-10+/t18-,19+,20?/m1/s1. The molecule has 0 bridgehead atoms. The van der Waals surface area contributed by atoms with E-state index in [2.05, 4.69) is 31.2 Å². The third-order valence-electron chi connectivity index (χ3n) is 4.56. The number of carboxylic acids is 1. The number of allylic oxidation sites excluding steroid dienone is 5. The lowest BCUT2D eigenvalue weighted by Gasteiger charge is -2.03. The largest absolute Gasteiger partial charge is 0.481 e. The SMILES string of the molecule is CCCCCC(O)/C=C/C=C\C[C@H]1C[C@H]1C/C=C\CCCC(=O)O. The molecule has 1 aliphatic carbocycles. The van der Waals surface area contributed by atoms with Crippen LogP contribution in [0, 0.1) is 11.8 Å². The van der Waals surface area contributed by atoms with Crippen molar-refractivity contribution in [1.29, 1.82) is 0 Å². The minimum atomic E-state index is -0.708. The third-order valence-corrected chi connectivity index (χ3v) is 4.56. The number of hydrogen-bond donors (Lipinski definition) is 2. The molecule has 1 unspecified atom stereocenters. The van der Waals surface area contributed by atoms with Crippen molar-refractivity contribution >= 4 is 5.97 Å². The van der Waals surface area contributed by atoms with Crippen LogP contribution >= 0.6 is 0 Å². The van der Waals surface area contributed by atoms with Gasteiger partial charge in [-0.05, 0) is 50.4 Å². The van der Waals surface area contributed by atoms with Crippen molar-refractivity contribution in [2.75, 3.05) is 0 Å². The average molecular weight is 335 g/mol. The van der Waals surface area contributed by atoms with Crippen LogP contribution in [0.1, 0.15) is 71.1 Å². The molecule has 1 saturated carbocycles. The van der Waals surface area contributed by atoms with Gasteiger partial charge in [0.1, 0.15) is 0 Å². The summed E-state index contributed by atoms with van der Waals surface area (Å²) in [6.07, 6.45) is 21.9. The topological polar surface area (TPSA) is 57.5 Å². The summed E-state index contributed by atoms with van der Waals surface area (Å²) in [7, 11) is 0. The van der Waals surface area contributed by atoms with Crippen LogP contribution < -0.4 is 0 Å². The molecular formula is C21H34O3. The first kappa shape index (κ1) is 20.7. The van der Waals surface area contributed by atoms with Gasteiger partial charge in [0.25, 0.3) is 0 Å². The van der Waals surface area contributed by atoms with Crippen LogP contribution in [0.3, 0.4) is 0 Å². The summed E-state index contributed by atoms with van der Waals surface area (Å²) >= 11 is 0. The Labute approximate surface area is 147 Å². The van der Waals surface area contributed by atoms with Crippen LogP contribution in [0.4, 0.5) is 0 Å². The number of rotatable bonds is 14. The molecule has 0 spiro atoms. The summed E-state index contributed by atoms with van der Waals surface area (Å²) < 4.78 is 0.